The minimum Gasteiger partial charge on any atom is -0.358 e. The lowest BCUT2D eigenvalue weighted by molar-refractivity contribution is 0.0310. The Morgan fingerprint density at radius 1 is 1.35 bits per heavy atom. The molecule has 6 heteroatoms. The average molecular weight is 261 g/mol. The lowest BCUT2D eigenvalue weighted by Gasteiger charge is -2.16. The number of nitrogens with one attached hydrogen (secondary N) is 1. The molecule has 0 aromatic heterocycles. The van der Waals surface area contributed by atoms with Gasteiger partial charge in [-0.25, -0.2) is 12.8 Å². The number of sulfonamides is 1. The van der Waals surface area contributed by atoms with Gasteiger partial charge in [0, 0.05) is 0 Å². The molecule has 0 spiro atoms. The van der Waals surface area contributed by atoms with Crippen molar-refractivity contribution in [3.05, 3.63) is 35.6 Å². The van der Waals surface area contributed by atoms with Gasteiger partial charge in [0.1, 0.15) is 12.0 Å². The third-order valence-corrected chi connectivity index (χ3v) is 2.77. The molecule has 1 aromatic rings. The molecule has 0 radical (unpaired) electrons. The topological polar surface area (TPSA) is 55.4 Å². The van der Waals surface area contributed by atoms with E-state index in [1.807, 2.05) is 6.92 Å². The van der Waals surface area contributed by atoms with E-state index >= 15 is 0 Å². The van der Waals surface area contributed by atoms with Crippen molar-refractivity contribution in [2.75, 3.05) is 6.26 Å². The van der Waals surface area contributed by atoms with Crippen LogP contribution in [0.5, 0.6) is 0 Å². The highest BCUT2D eigenvalue weighted by molar-refractivity contribution is 7.88. The molecule has 1 N–H and O–H groups in total. The SMILES string of the molecule is CCC(NS(C)(=O)=O)OCc1ccc(F)cc1. The zero-order chi connectivity index (χ0) is 12.9. The van der Waals surface area contributed by atoms with Crippen LogP contribution in [0.2, 0.25) is 0 Å². The second-order valence-electron chi connectivity index (χ2n) is 3.72. The lowest BCUT2D eigenvalue weighted by atomic mass is 10.2. The predicted octanol–water partition coefficient (Wildman–Crippen LogP) is 1.63. The van der Waals surface area contributed by atoms with E-state index < -0.39 is 16.3 Å². The highest BCUT2D eigenvalue weighted by atomic mass is 32.2. The van der Waals surface area contributed by atoms with E-state index in [1.54, 1.807) is 12.1 Å². The lowest BCUT2D eigenvalue weighted by Crippen LogP contribution is -2.35. The van der Waals surface area contributed by atoms with E-state index in [0.29, 0.717) is 6.42 Å². The van der Waals surface area contributed by atoms with E-state index in [0.717, 1.165) is 11.8 Å². The molecular formula is C11H16FNO3S. The van der Waals surface area contributed by atoms with Gasteiger partial charge in [0.25, 0.3) is 0 Å². The molecule has 0 aliphatic rings. The molecule has 1 atom stereocenters. The Kier molecular flexibility index (Phi) is 5.04. The first-order chi connectivity index (χ1) is 7.90. The highest BCUT2D eigenvalue weighted by Gasteiger charge is 2.11. The normalized spacial score (nSPS) is 13.6. The number of halogens is 1. The Hall–Kier alpha value is -0.980. The molecule has 0 saturated carbocycles. The van der Waals surface area contributed by atoms with Gasteiger partial charge in [-0.05, 0) is 24.1 Å². The predicted molar refractivity (Wildman–Crippen MR) is 63.2 cm³/mol. The van der Waals surface area contributed by atoms with Gasteiger partial charge >= 0.3 is 0 Å². The molecule has 0 bridgehead atoms. The van der Waals surface area contributed by atoms with Crippen molar-refractivity contribution in [2.45, 2.75) is 26.2 Å². The first-order valence-corrected chi connectivity index (χ1v) is 7.13. The number of hydrogen-bond donors (Lipinski definition) is 1. The van der Waals surface area contributed by atoms with Crippen molar-refractivity contribution < 1.29 is 17.5 Å². The summed E-state index contributed by atoms with van der Waals surface area (Å²) in [6, 6.07) is 5.87. The minimum absolute atomic E-state index is 0.237. The van der Waals surface area contributed by atoms with E-state index in [1.165, 1.54) is 12.1 Å². The van der Waals surface area contributed by atoms with Gasteiger partial charge < -0.3 is 4.74 Å². The molecule has 0 fully saturated rings. The van der Waals surface area contributed by atoms with Crippen molar-refractivity contribution in [2.24, 2.45) is 0 Å². The van der Waals surface area contributed by atoms with Crippen molar-refractivity contribution in [1.82, 2.24) is 4.72 Å². The van der Waals surface area contributed by atoms with Crippen LogP contribution in [-0.4, -0.2) is 20.9 Å². The summed E-state index contributed by atoms with van der Waals surface area (Å²) in [5.74, 6) is -0.310. The maximum atomic E-state index is 12.6. The summed E-state index contributed by atoms with van der Waals surface area (Å²) in [5.41, 5.74) is 0.792. The molecule has 0 aliphatic carbocycles. The molecule has 4 nitrogen and oxygen atoms in total. The maximum Gasteiger partial charge on any atom is 0.210 e. The van der Waals surface area contributed by atoms with Gasteiger partial charge in [-0.15, -0.1) is 0 Å². The summed E-state index contributed by atoms with van der Waals surface area (Å²) in [6.07, 6.45) is 1.04. The van der Waals surface area contributed by atoms with Crippen LogP contribution in [-0.2, 0) is 21.4 Å². The first kappa shape index (κ1) is 14.1. The summed E-state index contributed by atoms with van der Waals surface area (Å²) >= 11 is 0. The molecule has 1 unspecified atom stereocenters. The van der Waals surface area contributed by atoms with Gasteiger partial charge in [-0.1, -0.05) is 19.1 Å². The van der Waals surface area contributed by atoms with Crippen LogP contribution in [0.15, 0.2) is 24.3 Å². The average Bonchev–Trinajstić information content (AvgIpc) is 2.25. The van der Waals surface area contributed by atoms with E-state index in [9.17, 15) is 12.8 Å². The number of rotatable bonds is 6. The number of ether oxygens (including phenoxy) is 1. The van der Waals surface area contributed by atoms with Crippen molar-refractivity contribution in [3.63, 3.8) is 0 Å². The van der Waals surface area contributed by atoms with Crippen LogP contribution in [0.25, 0.3) is 0 Å². The van der Waals surface area contributed by atoms with Crippen LogP contribution in [0.4, 0.5) is 4.39 Å². The molecule has 0 saturated heterocycles. The second kappa shape index (κ2) is 6.09. The van der Waals surface area contributed by atoms with Gasteiger partial charge in [0.2, 0.25) is 10.0 Å². The maximum absolute atomic E-state index is 12.6. The zero-order valence-electron chi connectivity index (χ0n) is 9.81. The summed E-state index contributed by atoms with van der Waals surface area (Å²) in [7, 11) is -3.28. The smallest absolute Gasteiger partial charge is 0.210 e. The largest absolute Gasteiger partial charge is 0.358 e. The summed E-state index contributed by atoms with van der Waals surface area (Å²) in [6.45, 7) is 2.05. The molecule has 1 rings (SSSR count). The fraction of sp³-hybridized carbons (Fsp3) is 0.455. The third kappa shape index (κ3) is 5.76. The quantitative estimate of drug-likeness (QED) is 0.792. The highest BCUT2D eigenvalue weighted by Crippen LogP contribution is 2.06. The van der Waals surface area contributed by atoms with Crippen LogP contribution < -0.4 is 4.72 Å². The second-order valence-corrected chi connectivity index (χ2v) is 5.50. The summed E-state index contributed by atoms with van der Waals surface area (Å²) in [4.78, 5) is 0. The number of benzene rings is 1. The molecule has 96 valence electrons. The Labute approximate surface area is 101 Å². The van der Waals surface area contributed by atoms with Crippen LogP contribution in [0, 0.1) is 5.82 Å². The fourth-order valence-electron chi connectivity index (χ4n) is 1.25. The van der Waals surface area contributed by atoms with Gasteiger partial charge in [0.15, 0.2) is 0 Å². The van der Waals surface area contributed by atoms with Crippen molar-refractivity contribution in [1.29, 1.82) is 0 Å². The number of hydrogen-bond acceptors (Lipinski definition) is 3. The molecule has 1 aromatic carbocycles. The Bertz CT molecular complexity index is 444. The van der Waals surface area contributed by atoms with Crippen molar-refractivity contribution >= 4 is 10.0 Å². The van der Waals surface area contributed by atoms with Gasteiger partial charge in [0.05, 0.1) is 12.9 Å². The van der Waals surface area contributed by atoms with Crippen LogP contribution >= 0.6 is 0 Å². The van der Waals surface area contributed by atoms with Crippen LogP contribution in [0.1, 0.15) is 18.9 Å². The van der Waals surface area contributed by atoms with Gasteiger partial charge in [-0.3, -0.25) is 0 Å². The summed E-state index contributed by atoms with van der Waals surface area (Å²) < 4.78 is 42.4. The monoisotopic (exact) mass is 261 g/mol. The first-order valence-electron chi connectivity index (χ1n) is 5.24. The van der Waals surface area contributed by atoms with Gasteiger partial charge in [-0.2, -0.15) is 4.72 Å². The van der Waals surface area contributed by atoms with E-state index in [-0.39, 0.29) is 12.4 Å². The molecular weight excluding hydrogens is 245 g/mol. The Balaban J connectivity index is 2.50. The van der Waals surface area contributed by atoms with E-state index in [2.05, 4.69) is 4.72 Å². The standard InChI is InChI=1S/C11H16FNO3S/c1-3-11(13-17(2,14)15)16-8-9-4-6-10(12)7-5-9/h4-7,11,13H,3,8H2,1-2H3. The zero-order valence-corrected chi connectivity index (χ0v) is 10.6. The molecule has 0 heterocycles. The van der Waals surface area contributed by atoms with Crippen molar-refractivity contribution in [3.8, 4) is 0 Å². The molecule has 17 heavy (non-hydrogen) atoms. The Morgan fingerprint density at radius 3 is 2.41 bits per heavy atom. The fourth-order valence-corrected chi connectivity index (χ4v) is 1.96. The van der Waals surface area contributed by atoms with E-state index in [4.69, 9.17) is 4.74 Å². The molecule has 0 amide bonds. The molecule has 0 aliphatic heterocycles. The summed E-state index contributed by atoms with van der Waals surface area (Å²) in [5, 5.41) is 0. The third-order valence-electron chi connectivity index (χ3n) is 2.08. The van der Waals surface area contributed by atoms with Crippen LogP contribution in [0.3, 0.4) is 0 Å². The minimum atomic E-state index is -3.28. The Morgan fingerprint density at radius 2 is 1.94 bits per heavy atom.